The van der Waals surface area contributed by atoms with Gasteiger partial charge >= 0.3 is 0 Å². The van der Waals surface area contributed by atoms with E-state index in [0.29, 0.717) is 42.5 Å². The van der Waals surface area contributed by atoms with Gasteiger partial charge in [-0.1, -0.05) is 11.2 Å². The Morgan fingerprint density at radius 1 is 1.18 bits per heavy atom. The van der Waals surface area contributed by atoms with Crippen molar-refractivity contribution >= 4 is 17.5 Å². The number of morpholine rings is 1. The number of hydrogen-bond acceptors (Lipinski definition) is 6. The van der Waals surface area contributed by atoms with Gasteiger partial charge in [0.2, 0.25) is 5.76 Å². The van der Waals surface area contributed by atoms with Crippen LogP contribution in [0.3, 0.4) is 0 Å². The van der Waals surface area contributed by atoms with Crippen molar-refractivity contribution < 1.29 is 23.3 Å². The number of amides is 2. The van der Waals surface area contributed by atoms with Crippen molar-refractivity contribution in [1.29, 1.82) is 0 Å². The average Bonchev–Trinajstić information content (AvgIpc) is 3.40. The molecule has 0 saturated carbocycles. The van der Waals surface area contributed by atoms with Crippen LogP contribution in [0.1, 0.15) is 27.8 Å². The maximum atomic E-state index is 12.8. The van der Waals surface area contributed by atoms with Gasteiger partial charge in [-0.05, 0) is 37.3 Å². The van der Waals surface area contributed by atoms with Crippen LogP contribution in [0.5, 0.6) is 0 Å². The second-order valence-corrected chi connectivity index (χ2v) is 6.51. The first-order valence-electron chi connectivity index (χ1n) is 8.92. The summed E-state index contributed by atoms with van der Waals surface area (Å²) in [5, 5.41) is 6.51. The van der Waals surface area contributed by atoms with E-state index in [0.717, 1.165) is 0 Å². The van der Waals surface area contributed by atoms with Gasteiger partial charge in [0, 0.05) is 23.9 Å². The van der Waals surface area contributed by atoms with E-state index in [1.807, 2.05) is 6.92 Å². The summed E-state index contributed by atoms with van der Waals surface area (Å²) in [5.74, 6) is 0.318. The molecule has 1 atom stereocenters. The number of furan rings is 1. The van der Waals surface area contributed by atoms with E-state index in [1.54, 1.807) is 41.3 Å². The summed E-state index contributed by atoms with van der Waals surface area (Å²) in [6.45, 7) is 3.54. The third kappa shape index (κ3) is 3.67. The molecule has 1 aliphatic heterocycles. The lowest BCUT2D eigenvalue weighted by atomic mass is 10.1. The van der Waals surface area contributed by atoms with Crippen molar-refractivity contribution in [2.45, 2.75) is 13.0 Å². The summed E-state index contributed by atoms with van der Waals surface area (Å²) in [5.41, 5.74) is 1.12. The van der Waals surface area contributed by atoms with Crippen LogP contribution >= 0.6 is 0 Å². The van der Waals surface area contributed by atoms with E-state index in [1.165, 1.54) is 12.3 Å². The van der Waals surface area contributed by atoms with Crippen molar-refractivity contribution in [2.24, 2.45) is 0 Å². The third-order valence-corrected chi connectivity index (χ3v) is 4.50. The van der Waals surface area contributed by atoms with E-state index in [4.69, 9.17) is 13.7 Å². The zero-order chi connectivity index (χ0) is 19.5. The lowest BCUT2D eigenvalue weighted by Gasteiger charge is -2.33. The topological polar surface area (TPSA) is 97.8 Å². The van der Waals surface area contributed by atoms with Crippen LogP contribution in [0, 0.1) is 0 Å². The molecule has 0 radical (unpaired) electrons. The second kappa shape index (κ2) is 7.69. The standard InChI is InChI=1S/C20H19N3O5/c1-13-12-26-9-7-23(13)20(25)14-4-2-5-15(10-14)21-19(24)16-11-18(28-22-16)17-6-3-8-27-17/h2-6,8,10-11,13H,7,9,12H2,1H3,(H,21,24). The minimum atomic E-state index is -0.439. The first kappa shape index (κ1) is 18.0. The quantitative estimate of drug-likeness (QED) is 0.746. The number of nitrogens with one attached hydrogen (secondary N) is 1. The highest BCUT2D eigenvalue weighted by molar-refractivity contribution is 6.04. The Morgan fingerprint density at radius 3 is 2.86 bits per heavy atom. The maximum absolute atomic E-state index is 12.8. The van der Waals surface area contributed by atoms with E-state index in [-0.39, 0.29) is 17.6 Å². The molecule has 1 unspecified atom stereocenters. The molecule has 4 rings (SSSR count). The Bertz CT molecular complexity index is 979. The van der Waals surface area contributed by atoms with Crippen LogP contribution in [0.15, 0.2) is 57.7 Å². The Hall–Kier alpha value is -3.39. The monoisotopic (exact) mass is 381 g/mol. The first-order valence-corrected chi connectivity index (χ1v) is 8.92. The molecule has 2 amide bonds. The van der Waals surface area contributed by atoms with Crippen molar-refractivity contribution in [3.05, 3.63) is 60.0 Å². The molecule has 0 spiro atoms. The molecule has 2 aromatic heterocycles. The molecule has 28 heavy (non-hydrogen) atoms. The van der Waals surface area contributed by atoms with E-state index in [2.05, 4.69) is 10.5 Å². The number of anilines is 1. The maximum Gasteiger partial charge on any atom is 0.277 e. The Kier molecular flexibility index (Phi) is 4.94. The SMILES string of the molecule is CC1COCCN1C(=O)c1cccc(NC(=O)c2cc(-c3ccco3)on2)c1. The fourth-order valence-corrected chi connectivity index (χ4v) is 3.04. The molecular formula is C20H19N3O5. The Balaban J connectivity index is 1.47. The van der Waals surface area contributed by atoms with Gasteiger partial charge in [-0.25, -0.2) is 0 Å². The predicted octanol–water partition coefficient (Wildman–Crippen LogP) is 3.05. The Labute approximate surface area is 161 Å². The highest BCUT2D eigenvalue weighted by Crippen LogP contribution is 2.21. The van der Waals surface area contributed by atoms with Crippen LogP contribution in [-0.2, 0) is 4.74 Å². The molecule has 1 N–H and O–H groups in total. The fourth-order valence-electron chi connectivity index (χ4n) is 3.04. The van der Waals surface area contributed by atoms with Crippen LogP contribution in [0.2, 0.25) is 0 Å². The van der Waals surface area contributed by atoms with Crippen molar-refractivity contribution in [3.63, 3.8) is 0 Å². The zero-order valence-corrected chi connectivity index (χ0v) is 15.3. The highest BCUT2D eigenvalue weighted by atomic mass is 16.5. The second-order valence-electron chi connectivity index (χ2n) is 6.51. The molecule has 144 valence electrons. The normalized spacial score (nSPS) is 16.8. The van der Waals surface area contributed by atoms with E-state index >= 15 is 0 Å². The molecular weight excluding hydrogens is 362 g/mol. The van der Waals surface area contributed by atoms with Crippen molar-refractivity contribution in [1.82, 2.24) is 10.1 Å². The largest absolute Gasteiger partial charge is 0.461 e. The van der Waals surface area contributed by atoms with Gasteiger partial charge in [0.1, 0.15) is 0 Å². The third-order valence-electron chi connectivity index (χ3n) is 4.50. The fraction of sp³-hybridized carbons (Fsp3) is 0.250. The molecule has 1 saturated heterocycles. The summed E-state index contributed by atoms with van der Waals surface area (Å²) < 4.78 is 15.7. The highest BCUT2D eigenvalue weighted by Gasteiger charge is 2.25. The van der Waals surface area contributed by atoms with Crippen molar-refractivity contribution in [3.8, 4) is 11.5 Å². The molecule has 8 nitrogen and oxygen atoms in total. The summed E-state index contributed by atoms with van der Waals surface area (Å²) in [7, 11) is 0. The molecule has 0 aliphatic carbocycles. The number of rotatable bonds is 4. The van der Waals surface area contributed by atoms with E-state index in [9.17, 15) is 9.59 Å². The number of nitrogens with zero attached hydrogens (tertiary/aromatic N) is 2. The summed E-state index contributed by atoms with van der Waals surface area (Å²) in [6.07, 6.45) is 1.51. The van der Waals surface area contributed by atoms with Gasteiger partial charge in [0.15, 0.2) is 11.5 Å². The van der Waals surface area contributed by atoms with E-state index < -0.39 is 5.91 Å². The lowest BCUT2D eigenvalue weighted by molar-refractivity contribution is 0.00359. The molecule has 8 heteroatoms. The molecule has 3 aromatic rings. The number of benzene rings is 1. The number of aromatic nitrogens is 1. The predicted molar refractivity (Wildman–Crippen MR) is 99.9 cm³/mol. The molecule has 1 aromatic carbocycles. The number of hydrogen-bond donors (Lipinski definition) is 1. The molecule has 3 heterocycles. The zero-order valence-electron chi connectivity index (χ0n) is 15.3. The van der Waals surface area contributed by atoms with Gasteiger partial charge in [0.05, 0.1) is 25.5 Å². The minimum absolute atomic E-state index is 0.00893. The molecule has 1 aliphatic rings. The van der Waals surface area contributed by atoms with Crippen LogP contribution in [0.25, 0.3) is 11.5 Å². The van der Waals surface area contributed by atoms with Crippen LogP contribution < -0.4 is 5.32 Å². The van der Waals surface area contributed by atoms with Gasteiger partial charge in [-0.15, -0.1) is 0 Å². The van der Waals surface area contributed by atoms with Gasteiger partial charge < -0.3 is 23.9 Å². The number of ether oxygens (including phenoxy) is 1. The average molecular weight is 381 g/mol. The number of carbonyl (C=O) groups is 2. The van der Waals surface area contributed by atoms with Crippen LogP contribution in [0.4, 0.5) is 5.69 Å². The Morgan fingerprint density at radius 2 is 2.07 bits per heavy atom. The lowest BCUT2D eigenvalue weighted by Crippen LogP contribution is -2.47. The summed E-state index contributed by atoms with van der Waals surface area (Å²) in [4.78, 5) is 27.0. The minimum Gasteiger partial charge on any atom is -0.461 e. The smallest absolute Gasteiger partial charge is 0.277 e. The molecule has 1 fully saturated rings. The first-order chi connectivity index (χ1) is 13.6. The van der Waals surface area contributed by atoms with Gasteiger partial charge in [-0.3, -0.25) is 9.59 Å². The van der Waals surface area contributed by atoms with Crippen LogP contribution in [-0.4, -0.2) is 47.7 Å². The molecule has 0 bridgehead atoms. The van der Waals surface area contributed by atoms with Gasteiger partial charge in [0.25, 0.3) is 11.8 Å². The van der Waals surface area contributed by atoms with Gasteiger partial charge in [-0.2, -0.15) is 0 Å². The number of carbonyl (C=O) groups excluding carboxylic acids is 2. The summed E-state index contributed by atoms with van der Waals surface area (Å²) >= 11 is 0. The van der Waals surface area contributed by atoms with Crippen molar-refractivity contribution in [2.75, 3.05) is 25.1 Å². The summed E-state index contributed by atoms with van der Waals surface area (Å²) in [6, 6.07) is 11.8.